The monoisotopic (exact) mass is 310 g/mol. The van der Waals surface area contributed by atoms with E-state index in [0.29, 0.717) is 0 Å². The van der Waals surface area contributed by atoms with E-state index in [9.17, 15) is 13.6 Å². The van der Waals surface area contributed by atoms with Crippen molar-refractivity contribution in [3.05, 3.63) is 47.0 Å². The minimum Gasteiger partial charge on any atom is -0.455 e. The molecule has 2 nitrogen and oxygen atoms in total. The van der Waals surface area contributed by atoms with E-state index in [4.69, 9.17) is 4.74 Å². The van der Waals surface area contributed by atoms with Crippen LogP contribution in [-0.2, 0) is 4.74 Å². The van der Waals surface area contributed by atoms with Crippen LogP contribution in [-0.4, -0.2) is 12.1 Å². The molecule has 22 heavy (non-hydrogen) atoms. The van der Waals surface area contributed by atoms with Crippen molar-refractivity contribution in [3.63, 3.8) is 0 Å². The van der Waals surface area contributed by atoms with Crippen molar-refractivity contribution >= 4 is 5.97 Å². The van der Waals surface area contributed by atoms with E-state index in [2.05, 4.69) is 6.92 Å². The van der Waals surface area contributed by atoms with Crippen LogP contribution in [0.25, 0.3) is 0 Å². The molecule has 0 N–H and O–H groups in total. The maximum absolute atomic E-state index is 13.5. The summed E-state index contributed by atoms with van der Waals surface area (Å²) in [6.07, 6.45) is 6.92. The van der Waals surface area contributed by atoms with Crippen LogP contribution in [0, 0.1) is 11.6 Å². The summed E-state index contributed by atoms with van der Waals surface area (Å²) in [5.41, 5.74) is 0.480. The lowest BCUT2D eigenvalue weighted by Gasteiger charge is -2.12. The summed E-state index contributed by atoms with van der Waals surface area (Å²) >= 11 is 0. The second kappa shape index (κ2) is 9.34. The van der Waals surface area contributed by atoms with Crippen LogP contribution in [0.15, 0.2) is 29.8 Å². The maximum Gasteiger partial charge on any atom is 0.344 e. The molecular weight excluding hydrogens is 286 g/mol. The van der Waals surface area contributed by atoms with Crippen LogP contribution < -0.4 is 0 Å². The van der Waals surface area contributed by atoms with Crippen molar-refractivity contribution in [1.82, 2.24) is 0 Å². The number of allylic oxidation sites excluding steroid dienone is 1. The first-order valence-corrected chi connectivity index (χ1v) is 7.78. The number of carbonyl (C=O) groups excluding carboxylic acids is 1. The zero-order valence-electron chi connectivity index (χ0n) is 13.5. The van der Waals surface area contributed by atoms with E-state index in [-0.39, 0.29) is 0 Å². The molecule has 0 saturated carbocycles. The van der Waals surface area contributed by atoms with Crippen LogP contribution in [0.5, 0.6) is 0 Å². The van der Waals surface area contributed by atoms with E-state index in [1.54, 1.807) is 6.92 Å². The van der Waals surface area contributed by atoms with Gasteiger partial charge in [0, 0.05) is 0 Å². The van der Waals surface area contributed by atoms with Crippen LogP contribution >= 0.6 is 0 Å². The Morgan fingerprint density at radius 3 is 2.45 bits per heavy atom. The van der Waals surface area contributed by atoms with E-state index < -0.39 is 29.3 Å². The molecule has 0 spiro atoms. The smallest absolute Gasteiger partial charge is 0.344 e. The van der Waals surface area contributed by atoms with Gasteiger partial charge in [0.2, 0.25) is 0 Å². The SMILES string of the molecule is CCCCCC/C(C)=C/[C@H](C)OC(=O)c1c(F)cccc1F. The first-order valence-electron chi connectivity index (χ1n) is 7.78. The molecule has 0 bridgehead atoms. The van der Waals surface area contributed by atoms with Gasteiger partial charge in [-0.15, -0.1) is 0 Å². The summed E-state index contributed by atoms with van der Waals surface area (Å²) in [6.45, 7) is 5.82. The molecule has 0 unspecified atom stereocenters. The van der Waals surface area contributed by atoms with Crippen molar-refractivity contribution in [2.24, 2.45) is 0 Å². The lowest BCUT2D eigenvalue weighted by atomic mass is 10.1. The molecule has 0 heterocycles. The standard InChI is InChI=1S/C18H24F2O2/c1-4-5-6-7-9-13(2)12-14(3)22-18(21)17-15(19)10-8-11-16(17)20/h8,10-12,14H,4-7,9H2,1-3H3/b13-12+/t14-/m0/s1. The predicted octanol–water partition coefficient (Wildman–Crippen LogP) is 5.43. The molecule has 0 amide bonds. The van der Waals surface area contributed by atoms with E-state index >= 15 is 0 Å². The van der Waals surface area contributed by atoms with Gasteiger partial charge in [-0.3, -0.25) is 0 Å². The van der Waals surface area contributed by atoms with Crippen LogP contribution in [0.1, 0.15) is 63.2 Å². The largest absolute Gasteiger partial charge is 0.455 e. The lowest BCUT2D eigenvalue weighted by Crippen LogP contribution is -2.16. The number of unbranched alkanes of at least 4 members (excludes halogenated alkanes) is 3. The molecule has 122 valence electrons. The summed E-state index contributed by atoms with van der Waals surface area (Å²) < 4.78 is 32.1. The summed E-state index contributed by atoms with van der Waals surface area (Å²) in [6, 6.07) is 3.30. The van der Waals surface area contributed by atoms with Crippen molar-refractivity contribution in [3.8, 4) is 0 Å². The number of hydrogen-bond acceptors (Lipinski definition) is 2. The number of hydrogen-bond donors (Lipinski definition) is 0. The van der Waals surface area contributed by atoms with Gasteiger partial charge in [-0.05, 0) is 44.9 Å². The molecule has 0 aromatic heterocycles. The van der Waals surface area contributed by atoms with Crippen molar-refractivity contribution in [2.75, 3.05) is 0 Å². The number of esters is 1. The van der Waals surface area contributed by atoms with Gasteiger partial charge < -0.3 is 4.74 Å². The van der Waals surface area contributed by atoms with Gasteiger partial charge in [0.25, 0.3) is 0 Å². The molecule has 0 aliphatic carbocycles. The van der Waals surface area contributed by atoms with Crippen molar-refractivity contribution < 1.29 is 18.3 Å². The molecule has 4 heteroatoms. The van der Waals surface area contributed by atoms with Crippen LogP contribution in [0.4, 0.5) is 8.78 Å². The fourth-order valence-corrected chi connectivity index (χ4v) is 2.27. The predicted molar refractivity (Wildman–Crippen MR) is 83.8 cm³/mol. The fraction of sp³-hybridized carbons (Fsp3) is 0.500. The van der Waals surface area contributed by atoms with Crippen molar-refractivity contribution in [2.45, 2.75) is 59.0 Å². The average Bonchev–Trinajstić information content (AvgIpc) is 2.43. The third-order valence-electron chi connectivity index (χ3n) is 3.40. The highest BCUT2D eigenvalue weighted by Gasteiger charge is 2.19. The Bertz CT molecular complexity index is 504. The third kappa shape index (κ3) is 5.96. The molecule has 0 aliphatic heterocycles. The molecule has 1 aromatic carbocycles. The average molecular weight is 310 g/mol. The minimum atomic E-state index is -0.974. The Hall–Kier alpha value is -1.71. The van der Waals surface area contributed by atoms with Crippen LogP contribution in [0.2, 0.25) is 0 Å². The molecule has 0 radical (unpaired) electrons. The van der Waals surface area contributed by atoms with E-state index in [0.717, 1.165) is 30.5 Å². The first-order chi connectivity index (χ1) is 10.5. The lowest BCUT2D eigenvalue weighted by molar-refractivity contribution is 0.0412. The highest BCUT2D eigenvalue weighted by molar-refractivity contribution is 5.90. The number of rotatable bonds is 8. The van der Waals surface area contributed by atoms with E-state index in [1.807, 2.05) is 13.0 Å². The summed E-state index contributed by atoms with van der Waals surface area (Å²) in [5, 5.41) is 0. The fourth-order valence-electron chi connectivity index (χ4n) is 2.27. The Kier molecular flexibility index (Phi) is 7.78. The Morgan fingerprint density at radius 1 is 1.23 bits per heavy atom. The maximum atomic E-state index is 13.5. The highest BCUT2D eigenvalue weighted by atomic mass is 19.1. The van der Waals surface area contributed by atoms with Gasteiger partial charge in [-0.25, -0.2) is 13.6 Å². The first kappa shape index (κ1) is 18.3. The highest BCUT2D eigenvalue weighted by Crippen LogP contribution is 2.16. The Morgan fingerprint density at radius 2 is 1.86 bits per heavy atom. The van der Waals surface area contributed by atoms with Gasteiger partial charge in [-0.1, -0.05) is 37.8 Å². The van der Waals surface area contributed by atoms with Gasteiger partial charge in [0.15, 0.2) is 0 Å². The molecule has 1 aromatic rings. The zero-order chi connectivity index (χ0) is 16.5. The Labute approximate surface area is 131 Å². The van der Waals surface area contributed by atoms with Crippen molar-refractivity contribution in [1.29, 1.82) is 0 Å². The normalized spacial score (nSPS) is 13.0. The van der Waals surface area contributed by atoms with E-state index in [1.165, 1.54) is 25.3 Å². The number of ether oxygens (including phenoxy) is 1. The number of carbonyl (C=O) groups is 1. The summed E-state index contributed by atoms with van der Waals surface area (Å²) in [5.74, 6) is -2.78. The topological polar surface area (TPSA) is 26.3 Å². The number of benzene rings is 1. The second-order valence-corrected chi connectivity index (χ2v) is 5.53. The van der Waals surface area contributed by atoms with Gasteiger partial charge in [0.1, 0.15) is 23.3 Å². The quantitative estimate of drug-likeness (QED) is 0.364. The van der Waals surface area contributed by atoms with Gasteiger partial charge in [-0.2, -0.15) is 0 Å². The molecule has 1 atom stereocenters. The van der Waals surface area contributed by atoms with Crippen LogP contribution in [0.3, 0.4) is 0 Å². The Balaban J connectivity index is 2.57. The molecule has 1 rings (SSSR count). The van der Waals surface area contributed by atoms with Gasteiger partial charge in [0.05, 0.1) is 0 Å². The summed E-state index contributed by atoms with van der Waals surface area (Å²) in [4.78, 5) is 11.8. The molecule has 0 fully saturated rings. The third-order valence-corrected chi connectivity index (χ3v) is 3.40. The summed E-state index contributed by atoms with van der Waals surface area (Å²) in [7, 11) is 0. The molecule has 0 saturated heterocycles. The number of halogens is 2. The van der Waals surface area contributed by atoms with Gasteiger partial charge >= 0.3 is 5.97 Å². The molecular formula is C18H24F2O2. The zero-order valence-corrected chi connectivity index (χ0v) is 13.5. The molecule has 0 aliphatic rings. The second-order valence-electron chi connectivity index (χ2n) is 5.53. The minimum absolute atomic E-state index is 0.516.